The van der Waals surface area contributed by atoms with Gasteiger partial charge in [0.1, 0.15) is 0 Å². The SMILES string of the molecule is COC1CC(N)[C@H](C)C1. The van der Waals surface area contributed by atoms with Crippen LogP contribution >= 0.6 is 0 Å². The second kappa shape index (κ2) is 2.67. The van der Waals surface area contributed by atoms with Crippen molar-refractivity contribution in [2.75, 3.05) is 7.11 Å². The van der Waals surface area contributed by atoms with Crippen LogP contribution in [0.25, 0.3) is 0 Å². The summed E-state index contributed by atoms with van der Waals surface area (Å²) in [5.74, 6) is 0.648. The number of ether oxygens (including phenoxy) is 1. The van der Waals surface area contributed by atoms with Crippen LogP contribution in [0.2, 0.25) is 0 Å². The molecule has 0 bridgehead atoms. The van der Waals surface area contributed by atoms with Crippen molar-refractivity contribution in [1.29, 1.82) is 0 Å². The second-order valence-corrected chi connectivity index (χ2v) is 2.97. The van der Waals surface area contributed by atoms with Crippen molar-refractivity contribution in [2.24, 2.45) is 11.7 Å². The highest BCUT2D eigenvalue weighted by atomic mass is 16.5. The Kier molecular flexibility index (Phi) is 2.09. The summed E-state index contributed by atoms with van der Waals surface area (Å²) >= 11 is 0. The van der Waals surface area contributed by atoms with Crippen molar-refractivity contribution in [2.45, 2.75) is 31.9 Å². The van der Waals surface area contributed by atoms with Gasteiger partial charge >= 0.3 is 0 Å². The first kappa shape index (κ1) is 7.03. The van der Waals surface area contributed by atoms with E-state index in [0.29, 0.717) is 18.1 Å². The molecule has 2 N–H and O–H groups in total. The van der Waals surface area contributed by atoms with Gasteiger partial charge < -0.3 is 10.5 Å². The van der Waals surface area contributed by atoms with Gasteiger partial charge in [0.25, 0.3) is 0 Å². The van der Waals surface area contributed by atoms with E-state index in [9.17, 15) is 0 Å². The zero-order chi connectivity index (χ0) is 6.85. The van der Waals surface area contributed by atoms with Crippen LogP contribution in [0.4, 0.5) is 0 Å². The molecular weight excluding hydrogens is 114 g/mol. The van der Waals surface area contributed by atoms with E-state index in [0.717, 1.165) is 12.8 Å². The lowest BCUT2D eigenvalue weighted by atomic mass is 10.1. The van der Waals surface area contributed by atoms with Crippen LogP contribution in [0, 0.1) is 5.92 Å². The second-order valence-electron chi connectivity index (χ2n) is 2.97. The summed E-state index contributed by atoms with van der Waals surface area (Å²) in [6, 6.07) is 0.370. The van der Waals surface area contributed by atoms with E-state index in [2.05, 4.69) is 6.92 Å². The highest BCUT2D eigenvalue weighted by molar-refractivity contribution is 4.83. The van der Waals surface area contributed by atoms with Gasteiger partial charge in [0.05, 0.1) is 6.10 Å². The molecule has 9 heavy (non-hydrogen) atoms. The fourth-order valence-electron chi connectivity index (χ4n) is 1.41. The van der Waals surface area contributed by atoms with Gasteiger partial charge in [-0.1, -0.05) is 6.92 Å². The Labute approximate surface area is 56.4 Å². The maximum absolute atomic E-state index is 5.76. The van der Waals surface area contributed by atoms with E-state index in [-0.39, 0.29) is 0 Å². The summed E-state index contributed by atoms with van der Waals surface area (Å²) in [4.78, 5) is 0. The lowest BCUT2D eigenvalue weighted by Crippen LogP contribution is -2.22. The standard InChI is InChI=1S/C7H15NO/c1-5-3-6(9-2)4-7(5)8/h5-7H,3-4,8H2,1-2H3/t5-,6?,7?/m1/s1. The summed E-state index contributed by atoms with van der Waals surface area (Å²) in [6.07, 6.45) is 2.60. The maximum Gasteiger partial charge on any atom is 0.0589 e. The predicted molar refractivity (Wildman–Crippen MR) is 37.2 cm³/mol. The van der Waals surface area contributed by atoms with Gasteiger partial charge in [-0.2, -0.15) is 0 Å². The summed E-state index contributed by atoms with van der Waals surface area (Å²) in [6.45, 7) is 2.18. The molecule has 0 aromatic carbocycles. The average molecular weight is 129 g/mol. The summed E-state index contributed by atoms with van der Waals surface area (Å²) in [5.41, 5.74) is 5.76. The zero-order valence-corrected chi connectivity index (χ0v) is 6.13. The maximum atomic E-state index is 5.76. The molecule has 1 fully saturated rings. The van der Waals surface area contributed by atoms with Crippen molar-refractivity contribution in [1.82, 2.24) is 0 Å². The van der Waals surface area contributed by atoms with E-state index < -0.39 is 0 Å². The van der Waals surface area contributed by atoms with Crippen molar-refractivity contribution >= 4 is 0 Å². The van der Waals surface area contributed by atoms with Gasteiger partial charge in [0.2, 0.25) is 0 Å². The number of hydrogen-bond acceptors (Lipinski definition) is 2. The molecule has 0 saturated heterocycles. The molecule has 2 nitrogen and oxygen atoms in total. The van der Waals surface area contributed by atoms with Gasteiger partial charge in [0.15, 0.2) is 0 Å². The van der Waals surface area contributed by atoms with E-state index in [4.69, 9.17) is 10.5 Å². The summed E-state index contributed by atoms with van der Waals surface area (Å²) < 4.78 is 5.17. The van der Waals surface area contributed by atoms with E-state index in [1.165, 1.54) is 0 Å². The van der Waals surface area contributed by atoms with Gasteiger partial charge in [-0.25, -0.2) is 0 Å². The minimum Gasteiger partial charge on any atom is -0.381 e. The molecule has 1 saturated carbocycles. The molecule has 0 aliphatic heterocycles. The lowest BCUT2D eigenvalue weighted by Gasteiger charge is -2.04. The van der Waals surface area contributed by atoms with Crippen LogP contribution < -0.4 is 5.73 Å². The summed E-state index contributed by atoms with van der Waals surface area (Å²) in [5, 5.41) is 0. The Morgan fingerprint density at radius 3 is 2.33 bits per heavy atom. The van der Waals surface area contributed by atoms with E-state index in [1.54, 1.807) is 7.11 Å². The molecular formula is C7H15NO. The van der Waals surface area contributed by atoms with Gasteiger partial charge in [0, 0.05) is 13.2 Å². The fourth-order valence-corrected chi connectivity index (χ4v) is 1.41. The van der Waals surface area contributed by atoms with Crippen LogP contribution in [-0.2, 0) is 4.74 Å². The molecule has 2 unspecified atom stereocenters. The molecule has 0 aromatic heterocycles. The van der Waals surface area contributed by atoms with Crippen LogP contribution in [0.1, 0.15) is 19.8 Å². The molecule has 0 amide bonds. The van der Waals surface area contributed by atoms with Crippen LogP contribution in [0.3, 0.4) is 0 Å². The Morgan fingerprint density at radius 1 is 1.44 bits per heavy atom. The Morgan fingerprint density at radius 2 is 2.11 bits per heavy atom. The molecule has 0 heterocycles. The fraction of sp³-hybridized carbons (Fsp3) is 1.00. The molecule has 0 radical (unpaired) electrons. The molecule has 1 rings (SSSR count). The van der Waals surface area contributed by atoms with Crippen molar-refractivity contribution < 1.29 is 4.74 Å². The highest BCUT2D eigenvalue weighted by Crippen LogP contribution is 2.25. The Hall–Kier alpha value is -0.0800. The minimum absolute atomic E-state index is 0.370. The zero-order valence-electron chi connectivity index (χ0n) is 6.13. The normalized spacial score (nSPS) is 43.7. The van der Waals surface area contributed by atoms with Gasteiger partial charge in [-0.05, 0) is 18.8 Å². The third-order valence-corrected chi connectivity index (χ3v) is 2.23. The van der Waals surface area contributed by atoms with Crippen LogP contribution in [0.5, 0.6) is 0 Å². The quantitative estimate of drug-likeness (QED) is 0.567. The first-order valence-electron chi connectivity index (χ1n) is 3.52. The van der Waals surface area contributed by atoms with Crippen molar-refractivity contribution in [3.05, 3.63) is 0 Å². The Bertz CT molecular complexity index is 84.9. The molecule has 1 aliphatic carbocycles. The number of rotatable bonds is 1. The third-order valence-electron chi connectivity index (χ3n) is 2.23. The molecule has 54 valence electrons. The molecule has 0 spiro atoms. The molecule has 3 atom stereocenters. The largest absolute Gasteiger partial charge is 0.381 e. The monoisotopic (exact) mass is 129 g/mol. The summed E-state index contributed by atoms with van der Waals surface area (Å²) in [7, 11) is 1.76. The van der Waals surface area contributed by atoms with Crippen molar-refractivity contribution in [3.63, 3.8) is 0 Å². The average Bonchev–Trinajstić information content (AvgIpc) is 2.13. The minimum atomic E-state index is 0.370. The molecule has 1 aliphatic rings. The van der Waals surface area contributed by atoms with Crippen molar-refractivity contribution in [3.8, 4) is 0 Å². The lowest BCUT2D eigenvalue weighted by molar-refractivity contribution is 0.105. The number of hydrogen-bond donors (Lipinski definition) is 1. The third kappa shape index (κ3) is 1.43. The topological polar surface area (TPSA) is 35.2 Å². The van der Waals surface area contributed by atoms with E-state index in [1.807, 2.05) is 0 Å². The highest BCUT2D eigenvalue weighted by Gasteiger charge is 2.27. The van der Waals surface area contributed by atoms with Gasteiger partial charge in [-0.3, -0.25) is 0 Å². The first-order valence-corrected chi connectivity index (χ1v) is 3.52. The molecule has 2 heteroatoms. The van der Waals surface area contributed by atoms with Crippen LogP contribution in [0.15, 0.2) is 0 Å². The van der Waals surface area contributed by atoms with E-state index >= 15 is 0 Å². The smallest absolute Gasteiger partial charge is 0.0589 e. The Balaban J connectivity index is 2.35. The van der Waals surface area contributed by atoms with Gasteiger partial charge in [-0.15, -0.1) is 0 Å². The number of nitrogens with two attached hydrogens (primary N) is 1. The number of methoxy groups -OCH3 is 1. The first-order chi connectivity index (χ1) is 4.24. The predicted octanol–water partition coefficient (Wildman–Crippen LogP) is 0.759. The van der Waals surface area contributed by atoms with Crippen LogP contribution in [-0.4, -0.2) is 19.3 Å². The molecule has 0 aromatic rings.